The van der Waals surface area contributed by atoms with Crippen LogP contribution in [0.4, 0.5) is 11.5 Å². The van der Waals surface area contributed by atoms with Crippen LogP contribution in [0.3, 0.4) is 0 Å². The van der Waals surface area contributed by atoms with Crippen LogP contribution in [0, 0.1) is 5.92 Å². The summed E-state index contributed by atoms with van der Waals surface area (Å²) in [5.41, 5.74) is 12.1. The van der Waals surface area contributed by atoms with E-state index in [4.69, 9.17) is 11.5 Å². The van der Waals surface area contributed by atoms with Gasteiger partial charge < -0.3 is 16.4 Å². The number of nitrogens with zero attached hydrogens (tertiary/aromatic N) is 2. The molecule has 0 spiro atoms. The van der Waals surface area contributed by atoms with Crippen molar-refractivity contribution in [1.82, 2.24) is 4.98 Å². The van der Waals surface area contributed by atoms with Gasteiger partial charge in [-0.2, -0.15) is 0 Å². The van der Waals surface area contributed by atoms with Crippen molar-refractivity contribution in [1.29, 1.82) is 0 Å². The summed E-state index contributed by atoms with van der Waals surface area (Å²) in [6.45, 7) is 1.00. The molecule has 2 fully saturated rings. The highest BCUT2D eigenvalue weighted by atomic mass is 16.1. The van der Waals surface area contributed by atoms with E-state index in [-0.39, 0.29) is 5.69 Å². The molecule has 0 radical (unpaired) electrons. The van der Waals surface area contributed by atoms with E-state index < -0.39 is 5.91 Å². The number of anilines is 2. The Morgan fingerprint density at radius 3 is 2.82 bits per heavy atom. The lowest BCUT2D eigenvalue weighted by atomic mass is 10.1. The van der Waals surface area contributed by atoms with Gasteiger partial charge in [0.2, 0.25) is 0 Å². The van der Waals surface area contributed by atoms with Gasteiger partial charge in [0.05, 0.1) is 5.69 Å². The van der Waals surface area contributed by atoms with Crippen molar-refractivity contribution >= 4 is 17.4 Å². The second kappa shape index (κ2) is 3.61. The molecule has 2 aliphatic rings. The number of hydrogen-bond acceptors (Lipinski definition) is 4. The second-order valence-corrected chi connectivity index (χ2v) is 4.96. The van der Waals surface area contributed by atoms with Crippen molar-refractivity contribution in [3.63, 3.8) is 0 Å². The number of nitrogens with two attached hydrogens (primary N) is 2. The number of primary amides is 1. The monoisotopic (exact) mass is 232 g/mol. The Morgan fingerprint density at radius 2 is 2.24 bits per heavy atom. The number of nitrogen functional groups attached to an aromatic ring is 1. The lowest BCUT2D eigenvalue weighted by Crippen LogP contribution is -2.33. The van der Waals surface area contributed by atoms with Gasteiger partial charge in [0.15, 0.2) is 5.82 Å². The van der Waals surface area contributed by atoms with Crippen LogP contribution in [0.1, 0.15) is 29.8 Å². The second-order valence-electron chi connectivity index (χ2n) is 4.96. The van der Waals surface area contributed by atoms with Crippen molar-refractivity contribution in [2.24, 2.45) is 11.7 Å². The Kier molecular flexibility index (Phi) is 2.21. The lowest BCUT2D eigenvalue weighted by molar-refractivity contribution is 0.0995. The third-order valence-corrected chi connectivity index (χ3v) is 3.84. The quantitative estimate of drug-likeness (QED) is 0.788. The van der Waals surface area contributed by atoms with Crippen molar-refractivity contribution in [3.8, 4) is 0 Å². The summed E-state index contributed by atoms with van der Waals surface area (Å²) in [7, 11) is 0. The van der Waals surface area contributed by atoms with Crippen LogP contribution in [0.15, 0.2) is 12.1 Å². The Bertz CT molecular complexity index is 474. The Morgan fingerprint density at radius 1 is 1.41 bits per heavy atom. The van der Waals surface area contributed by atoms with Crippen LogP contribution in [0.25, 0.3) is 0 Å². The zero-order valence-corrected chi connectivity index (χ0v) is 9.60. The molecule has 1 saturated heterocycles. The molecule has 4 N–H and O–H groups in total. The first kappa shape index (κ1) is 10.4. The van der Waals surface area contributed by atoms with Gasteiger partial charge in [-0.1, -0.05) is 0 Å². The molecule has 1 amide bonds. The highest BCUT2D eigenvalue weighted by Gasteiger charge is 2.39. The molecule has 1 aliphatic carbocycles. The summed E-state index contributed by atoms with van der Waals surface area (Å²) in [5, 5.41) is 0. The zero-order chi connectivity index (χ0) is 12.0. The highest BCUT2D eigenvalue weighted by molar-refractivity contribution is 5.92. The normalized spacial score (nSPS) is 26.5. The van der Waals surface area contributed by atoms with Crippen molar-refractivity contribution < 1.29 is 4.79 Å². The fourth-order valence-corrected chi connectivity index (χ4v) is 3.01. The molecular formula is C12H16N4O. The van der Waals surface area contributed by atoms with Crippen molar-refractivity contribution in [3.05, 3.63) is 17.8 Å². The summed E-state index contributed by atoms with van der Waals surface area (Å²) in [4.78, 5) is 17.7. The first-order valence-electron chi connectivity index (χ1n) is 5.98. The molecule has 2 atom stereocenters. The number of rotatable bonds is 2. The van der Waals surface area contributed by atoms with Crippen LogP contribution < -0.4 is 16.4 Å². The number of carbonyl (C=O) groups excluding carboxylic acids is 1. The molecule has 2 bridgehead atoms. The zero-order valence-electron chi connectivity index (χ0n) is 9.60. The number of carbonyl (C=O) groups is 1. The van der Waals surface area contributed by atoms with Gasteiger partial charge >= 0.3 is 0 Å². The molecule has 5 nitrogen and oxygen atoms in total. The van der Waals surface area contributed by atoms with Crippen LogP contribution in [0.5, 0.6) is 0 Å². The number of fused-ring (bicyclic) bond motifs is 2. The number of amides is 1. The molecule has 5 heteroatoms. The first-order chi connectivity index (χ1) is 8.15. The minimum Gasteiger partial charge on any atom is -0.396 e. The SMILES string of the molecule is NC(=O)c1ccc(N)c(N2CC3CCC2C3)n1. The van der Waals surface area contributed by atoms with E-state index in [1.807, 2.05) is 0 Å². The van der Waals surface area contributed by atoms with Gasteiger partial charge in [-0.3, -0.25) is 4.79 Å². The smallest absolute Gasteiger partial charge is 0.267 e. The summed E-state index contributed by atoms with van der Waals surface area (Å²) >= 11 is 0. The van der Waals surface area contributed by atoms with Crippen LogP contribution >= 0.6 is 0 Å². The molecule has 1 aliphatic heterocycles. The number of hydrogen-bond donors (Lipinski definition) is 2. The van der Waals surface area contributed by atoms with E-state index in [9.17, 15) is 4.79 Å². The predicted octanol–water partition coefficient (Wildman–Crippen LogP) is 0.751. The molecule has 2 heterocycles. The van der Waals surface area contributed by atoms with E-state index in [0.717, 1.165) is 18.3 Å². The Balaban J connectivity index is 1.96. The molecule has 1 saturated carbocycles. The van der Waals surface area contributed by atoms with Gasteiger partial charge in [-0.05, 0) is 37.3 Å². The molecule has 90 valence electrons. The third-order valence-electron chi connectivity index (χ3n) is 3.84. The molecule has 1 aromatic heterocycles. The molecular weight excluding hydrogens is 216 g/mol. The summed E-state index contributed by atoms with van der Waals surface area (Å²) < 4.78 is 0. The van der Waals surface area contributed by atoms with Crippen LogP contribution in [0.2, 0.25) is 0 Å². The first-order valence-corrected chi connectivity index (χ1v) is 5.98. The molecule has 0 aromatic carbocycles. The topological polar surface area (TPSA) is 85.2 Å². The van der Waals surface area contributed by atoms with Crippen LogP contribution in [-0.2, 0) is 0 Å². The van der Waals surface area contributed by atoms with E-state index in [2.05, 4.69) is 9.88 Å². The van der Waals surface area contributed by atoms with Crippen molar-refractivity contribution in [2.45, 2.75) is 25.3 Å². The summed E-state index contributed by atoms with van der Waals surface area (Å²) in [6.07, 6.45) is 3.73. The third kappa shape index (κ3) is 1.62. The van der Waals surface area contributed by atoms with E-state index in [1.165, 1.54) is 19.3 Å². The number of piperidine rings is 1. The molecule has 2 unspecified atom stereocenters. The van der Waals surface area contributed by atoms with E-state index in [1.54, 1.807) is 12.1 Å². The maximum atomic E-state index is 11.1. The Labute approximate surface area is 99.8 Å². The van der Waals surface area contributed by atoms with Crippen LogP contribution in [-0.4, -0.2) is 23.5 Å². The predicted molar refractivity (Wildman–Crippen MR) is 65.6 cm³/mol. The van der Waals surface area contributed by atoms with Gasteiger partial charge in [0.25, 0.3) is 5.91 Å². The highest BCUT2D eigenvalue weighted by Crippen LogP contribution is 2.41. The number of pyridine rings is 1. The van der Waals surface area contributed by atoms with E-state index in [0.29, 0.717) is 11.7 Å². The van der Waals surface area contributed by atoms with Gasteiger partial charge in [0, 0.05) is 12.6 Å². The molecule has 3 rings (SSSR count). The number of aromatic nitrogens is 1. The Hall–Kier alpha value is -1.78. The summed E-state index contributed by atoms with van der Waals surface area (Å²) in [6, 6.07) is 3.84. The van der Waals surface area contributed by atoms with Crippen molar-refractivity contribution in [2.75, 3.05) is 17.2 Å². The van der Waals surface area contributed by atoms with Gasteiger partial charge in [-0.25, -0.2) is 4.98 Å². The molecule has 17 heavy (non-hydrogen) atoms. The summed E-state index contributed by atoms with van der Waals surface area (Å²) in [5.74, 6) is 0.988. The maximum absolute atomic E-state index is 11.1. The largest absolute Gasteiger partial charge is 0.396 e. The minimum absolute atomic E-state index is 0.289. The van der Waals surface area contributed by atoms with Gasteiger partial charge in [0.1, 0.15) is 5.69 Å². The van der Waals surface area contributed by atoms with E-state index >= 15 is 0 Å². The minimum atomic E-state index is -0.504. The fraction of sp³-hybridized carbons (Fsp3) is 0.500. The average Bonchev–Trinajstić information content (AvgIpc) is 2.91. The fourth-order valence-electron chi connectivity index (χ4n) is 3.01. The molecule has 1 aromatic rings. The van der Waals surface area contributed by atoms with Gasteiger partial charge in [-0.15, -0.1) is 0 Å². The maximum Gasteiger partial charge on any atom is 0.267 e. The lowest BCUT2D eigenvalue weighted by Gasteiger charge is -2.29. The standard InChI is InChI=1S/C12H16N4O/c13-9-3-4-10(11(14)17)15-12(9)16-6-7-1-2-8(16)5-7/h3-4,7-8H,1-2,5-6,13H2,(H2,14,17). The average molecular weight is 232 g/mol.